The van der Waals surface area contributed by atoms with Crippen molar-refractivity contribution in [2.24, 2.45) is 4.99 Å². The van der Waals surface area contributed by atoms with Crippen LogP contribution in [0.3, 0.4) is 0 Å². The maximum atomic E-state index is 13.3. The molecule has 122 valence electrons. The van der Waals surface area contributed by atoms with Gasteiger partial charge in [0.2, 0.25) is 0 Å². The van der Waals surface area contributed by atoms with Crippen LogP contribution < -0.4 is 0 Å². The molecule has 0 rings (SSSR count). The third kappa shape index (κ3) is 5.09. The third-order valence-corrected chi connectivity index (χ3v) is 2.34. The van der Waals surface area contributed by atoms with Crippen molar-refractivity contribution < 1.29 is 39.5 Å². The van der Waals surface area contributed by atoms with Crippen molar-refractivity contribution in [3.05, 3.63) is 23.7 Å². The third-order valence-electron chi connectivity index (χ3n) is 2.34. The first-order valence-corrected chi connectivity index (χ1v) is 5.31. The summed E-state index contributed by atoms with van der Waals surface area (Å²) in [6, 6.07) is 0. The number of allylic oxidation sites excluding steroid dienone is 3. The largest absolute Gasteiger partial charge is 0.436 e. The number of hydrogen-bond donors (Lipinski definition) is 0. The van der Waals surface area contributed by atoms with Gasteiger partial charge in [-0.1, -0.05) is 13.5 Å². The summed E-state index contributed by atoms with van der Waals surface area (Å²) in [7, 11) is 0. The van der Waals surface area contributed by atoms with E-state index < -0.39 is 47.5 Å². The molecular formula is C11H10F9N. The predicted octanol–water partition coefficient (Wildman–Crippen LogP) is 5.35. The van der Waals surface area contributed by atoms with Gasteiger partial charge in [0, 0.05) is 6.42 Å². The van der Waals surface area contributed by atoms with Gasteiger partial charge in [-0.15, -0.1) is 0 Å². The van der Waals surface area contributed by atoms with E-state index in [2.05, 4.69) is 11.6 Å². The van der Waals surface area contributed by atoms with Gasteiger partial charge in [-0.25, -0.2) is 18.2 Å². The maximum Gasteiger partial charge on any atom is 0.436 e. The summed E-state index contributed by atoms with van der Waals surface area (Å²) in [6.45, 7) is 3.51. The van der Waals surface area contributed by atoms with Gasteiger partial charge in [0.1, 0.15) is 0 Å². The van der Waals surface area contributed by atoms with Crippen molar-refractivity contribution in [2.75, 3.05) is 0 Å². The first kappa shape index (κ1) is 19.5. The molecule has 0 aliphatic rings. The van der Waals surface area contributed by atoms with Gasteiger partial charge in [-0.2, -0.15) is 26.3 Å². The van der Waals surface area contributed by atoms with Crippen LogP contribution in [0.1, 0.15) is 20.3 Å². The highest BCUT2D eigenvalue weighted by molar-refractivity contribution is 5.89. The van der Waals surface area contributed by atoms with Crippen molar-refractivity contribution in [1.29, 1.82) is 0 Å². The van der Waals surface area contributed by atoms with Crippen LogP contribution in [0, 0.1) is 0 Å². The van der Waals surface area contributed by atoms with Crippen LogP contribution in [0.5, 0.6) is 0 Å². The first-order chi connectivity index (χ1) is 9.14. The normalized spacial score (nSPS) is 15.9. The van der Waals surface area contributed by atoms with Crippen LogP contribution in [-0.4, -0.2) is 24.0 Å². The minimum absolute atomic E-state index is 0.457. The fraction of sp³-hybridized carbons (Fsp3) is 0.545. The monoisotopic (exact) mass is 327 g/mol. The van der Waals surface area contributed by atoms with E-state index in [0.717, 1.165) is 6.92 Å². The minimum atomic E-state index is -5.69. The van der Waals surface area contributed by atoms with E-state index in [1.54, 1.807) is 0 Å². The van der Waals surface area contributed by atoms with E-state index in [-0.39, 0.29) is 0 Å². The Morgan fingerprint density at radius 1 is 0.952 bits per heavy atom. The van der Waals surface area contributed by atoms with Crippen molar-refractivity contribution in [1.82, 2.24) is 0 Å². The van der Waals surface area contributed by atoms with E-state index in [0.29, 0.717) is 6.92 Å². The molecule has 0 bridgehead atoms. The van der Waals surface area contributed by atoms with Gasteiger partial charge in [-0.05, 0) is 6.92 Å². The fourth-order valence-electron chi connectivity index (χ4n) is 1.01. The average molecular weight is 327 g/mol. The number of nitrogens with zero attached hydrogens (tertiary/aromatic N) is 1. The second kappa shape index (κ2) is 6.10. The molecule has 21 heavy (non-hydrogen) atoms. The van der Waals surface area contributed by atoms with E-state index in [4.69, 9.17) is 0 Å². The summed E-state index contributed by atoms with van der Waals surface area (Å²) in [5.41, 5.74) is -6.61. The van der Waals surface area contributed by atoms with Crippen molar-refractivity contribution >= 4 is 5.71 Å². The number of alkyl halides is 8. The topological polar surface area (TPSA) is 12.4 Å². The Morgan fingerprint density at radius 2 is 1.38 bits per heavy atom. The van der Waals surface area contributed by atoms with Gasteiger partial charge >= 0.3 is 12.4 Å². The summed E-state index contributed by atoms with van der Waals surface area (Å²) in [4.78, 5) is 2.31. The highest BCUT2D eigenvalue weighted by Crippen LogP contribution is 2.38. The van der Waals surface area contributed by atoms with Crippen LogP contribution >= 0.6 is 0 Å². The first-order valence-electron chi connectivity index (χ1n) is 5.31. The molecule has 0 aromatic carbocycles. The molecule has 1 nitrogen and oxygen atoms in total. The fourth-order valence-corrected chi connectivity index (χ4v) is 1.01. The summed E-state index contributed by atoms with van der Waals surface area (Å²) >= 11 is 0. The predicted molar refractivity (Wildman–Crippen MR) is 57.7 cm³/mol. The second-order valence-corrected chi connectivity index (χ2v) is 3.89. The van der Waals surface area contributed by atoms with E-state index in [9.17, 15) is 39.5 Å². The van der Waals surface area contributed by atoms with Crippen LogP contribution in [0.4, 0.5) is 39.5 Å². The molecule has 0 aromatic rings. The standard InChI is InChI=1S/C11H10F9N/c1-4-9(13,14)6(3)21-8(11(18,19)20)7(12)5(2)10(15,16)17/h2,4H2,1,3H3/b8-7+,21-6?. The zero-order valence-corrected chi connectivity index (χ0v) is 10.8. The molecule has 0 fully saturated rings. The highest BCUT2D eigenvalue weighted by atomic mass is 19.4. The minimum Gasteiger partial charge on any atom is -0.244 e. The molecule has 0 aliphatic carbocycles. The molecule has 0 amide bonds. The lowest BCUT2D eigenvalue weighted by Gasteiger charge is -2.17. The van der Waals surface area contributed by atoms with Crippen LogP contribution in [0.25, 0.3) is 0 Å². The summed E-state index contributed by atoms with van der Waals surface area (Å²) < 4.78 is 113. The van der Waals surface area contributed by atoms with Crippen LogP contribution in [0.15, 0.2) is 28.7 Å². The summed E-state index contributed by atoms with van der Waals surface area (Å²) in [5, 5.41) is 0. The van der Waals surface area contributed by atoms with Gasteiger partial charge < -0.3 is 0 Å². The number of hydrogen-bond acceptors (Lipinski definition) is 1. The zero-order chi connectivity index (χ0) is 17.2. The lowest BCUT2D eigenvalue weighted by atomic mass is 10.1. The Labute approximate surface area is 113 Å². The Hall–Kier alpha value is -1.48. The molecule has 0 saturated carbocycles. The Bertz CT molecular complexity index is 465. The molecule has 0 unspecified atom stereocenters. The second-order valence-electron chi connectivity index (χ2n) is 3.89. The average Bonchev–Trinajstić information content (AvgIpc) is 2.31. The van der Waals surface area contributed by atoms with E-state index in [1.165, 1.54) is 0 Å². The number of halogens is 9. The molecule has 0 aromatic heterocycles. The maximum absolute atomic E-state index is 13.3. The SMILES string of the molecule is C=C(/C(F)=C(\N=C(C)C(F)(F)CC)C(F)(F)F)C(F)(F)F. The van der Waals surface area contributed by atoms with Gasteiger partial charge in [0.15, 0.2) is 11.5 Å². The van der Waals surface area contributed by atoms with Gasteiger partial charge in [0.05, 0.1) is 11.3 Å². The summed E-state index contributed by atoms with van der Waals surface area (Å²) in [5.74, 6) is -6.66. The van der Waals surface area contributed by atoms with E-state index >= 15 is 0 Å². The molecule has 0 atom stereocenters. The Kier molecular flexibility index (Phi) is 5.67. The molecular weight excluding hydrogens is 317 g/mol. The molecule has 0 spiro atoms. The molecule has 0 heterocycles. The molecule has 10 heteroatoms. The quantitative estimate of drug-likeness (QED) is 0.375. The Morgan fingerprint density at radius 3 is 1.67 bits per heavy atom. The lowest BCUT2D eigenvalue weighted by Crippen LogP contribution is -2.27. The highest BCUT2D eigenvalue weighted by Gasteiger charge is 2.44. The van der Waals surface area contributed by atoms with Crippen molar-refractivity contribution in [3.8, 4) is 0 Å². The number of aliphatic imine (C=N–C) groups is 1. The van der Waals surface area contributed by atoms with Gasteiger partial charge in [-0.3, -0.25) is 0 Å². The van der Waals surface area contributed by atoms with Crippen LogP contribution in [0.2, 0.25) is 0 Å². The molecule has 0 saturated heterocycles. The molecule has 0 radical (unpaired) electrons. The Balaban J connectivity index is 6.08. The summed E-state index contributed by atoms with van der Waals surface area (Å²) in [6.07, 6.45) is -12.1. The van der Waals surface area contributed by atoms with Crippen molar-refractivity contribution in [3.63, 3.8) is 0 Å². The van der Waals surface area contributed by atoms with E-state index in [1.807, 2.05) is 0 Å². The number of rotatable bonds is 4. The smallest absolute Gasteiger partial charge is 0.244 e. The zero-order valence-electron chi connectivity index (χ0n) is 10.8. The van der Waals surface area contributed by atoms with Gasteiger partial charge in [0.25, 0.3) is 5.92 Å². The van der Waals surface area contributed by atoms with Crippen molar-refractivity contribution in [2.45, 2.75) is 38.5 Å². The lowest BCUT2D eigenvalue weighted by molar-refractivity contribution is -0.100. The molecule has 0 N–H and O–H groups in total. The van der Waals surface area contributed by atoms with Crippen LogP contribution in [-0.2, 0) is 0 Å². The molecule has 0 aliphatic heterocycles.